The highest BCUT2D eigenvalue weighted by Crippen LogP contribution is 2.51. The van der Waals surface area contributed by atoms with Crippen LogP contribution in [0.25, 0.3) is 270 Å². The summed E-state index contributed by atoms with van der Waals surface area (Å²) < 4.78 is 19.6. The van der Waals surface area contributed by atoms with E-state index in [1.165, 1.54) is 43.1 Å². The smallest absolute Gasteiger partial charge is 0.160 e. The number of rotatable bonds is 16. The molecule has 142 heavy (non-hydrogen) atoms. The van der Waals surface area contributed by atoms with E-state index < -0.39 is 0 Å². The van der Waals surface area contributed by atoms with Gasteiger partial charge in [-0.15, -0.1) is 6.58 Å². The summed E-state index contributed by atoms with van der Waals surface area (Å²) in [5.41, 5.74) is 33.4. The fourth-order valence-corrected chi connectivity index (χ4v) is 23.5. The Kier molecular flexibility index (Phi) is 18.0. The van der Waals surface area contributed by atoms with Gasteiger partial charge in [0, 0.05) is 155 Å². The predicted octanol–water partition coefficient (Wildman–Crippen LogP) is 33.2. The van der Waals surface area contributed by atoms with Gasteiger partial charge in [-0.1, -0.05) is 249 Å². The van der Waals surface area contributed by atoms with Crippen LogP contribution < -0.4 is 0 Å². The molecule has 0 aliphatic heterocycles. The maximum Gasteiger partial charge on any atom is 0.160 e. The molecule has 0 N–H and O–H groups in total. The average Bonchev–Trinajstić information content (AvgIpc) is 1.56. The number of pyridine rings is 2. The van der Waals surface area contributed by atoms with Crippen LogP contribution in [0.2, 0.25) is 0 Å². The highest BCUT2D eigenvalue weighted by Gasteiger charge is 2.30. The van der Waals surface area contributed by atoms with Gasteiger partial charge in [0.2, 0.25) is 0 Å². The van der Waals surface area contributed by atoms with Crippen molar-refractivity contribution in [3.05, 3.63) is 480 Å². The first kappa shape index (κ1) is 80.3. The van der Waals surface area contributed by atoms with Crippen LogP contribution in [-0.2, 0) is 0 Å². The number of hydrogen-bond donors (Lipinski definition) is 0. The van der Waals surface area contributed by atoms with Gasteiger partial charge in [0.05, 0.1) is 135 Å². The lowest BCUT2D eigenvalue weighted by atomic mass is 9.97. The number of hydrogen-bond acceptors (Lipinski definition) is 4. The molecule has 0 atom stereocenters. The van der Waals surface area contributed by atoms with E-state index >= 15 is 0 Å². The van der Waals surface area contributed by atoms with Crippen molar-refractivity contribution in [2.24, 2.45) is 0 Å². The van der Waals surface area contributed by atoms with Crippen LogP contribution in [0, 0.1) is 0 Å². The molecule has 0 saturated carbocycles. The minimum Gasteiger partial charge on any atom is -0.309 e. The normalized spacial score (nSPS) is 12.3. The van der Waals surface area contributed by atoms with Gasteiger partial charge in [0.1, 0.15) is 0 Å². The Morgan fingerprint density at radius 1 is 0.239 bits per heavy atom. The molecule has 29 rings (SSSR count). The van der Waals surface area contributed by atoms with Crippen LogP contribution in [0.4, 0.5) is 0 Å². The van der Waals surface area contributed by atoms with Gasteiger partial charge in [-0.2, -0.15) is 0 Å². The minimum atomic E-state index is 0.539. The molecule has 0 bridgehead atoms. The topological polar surface area (TPSA) is 91.0 Å². The molecule has 664 valence electrons. The Balaban J connectivity index is 0.704. The zero-order valence-electron chi connectivity index (χ0n) is 77.2. The van der Waals surface area contributed by atoms with Crippen molar-refractivity contribution < 1.29 is 0 Å². The largest absolute Gasteiger partial charge is 0.309 e. The summed E-state index contributed by atoms with van der Waals surface area (Å²) in [6.07, 6.45) is 17.2. The van der Waals surface area contributed by atoms with Gasteiger partial charge in [0.15, 0.2) is 5.82 Å². The number of aromatic nitrogens is 12. The van der Waals surface area contributed by atoms with E-state index in [1.54, 1.807) is 0 Å². The van der Waals surface area contributed by atoms with Crippen molar-refractivity contribution in [3.8, 4) is 90.4 Å². The van der Waals surface area contributed by atoms with E-state index in [2.05, 4.69) is 499 Å². The standard InChI is InChI=1S/C130H84N12/c1-3-5-10-35-81(4-2)108-74-109(82-60-62-118(139-114-56-31-23-48-92(114)104-70-100-88-44-19-27-52-110(88)135(120(100)75-124(104)139)84-36-11-6-12-37-84)98(68-82)96-64-66-131-79-128(96)141-116-58-33-25-50-94(116)106-72-102-90-46-21-29-54-112(90)137(122(102)77-126(106)141)86-40-15-8-16-41-86)134-130(133-108)83-61-63-119(140-115-57-32-24-49-93(115)105-71-101-89-45-20-28-53-111(89)136(121(101)76-125(105)140)85-38-13-7-14-39-85)99(69-83)97-65-67-132-80-129(97)142-117-59-34-26-51-95(117)107-73-103-91-47-22-30-55-113(91)138(123(103)78-127(107)142)87-42-17-9-18-43-87/h3-4,6-80H,1,5H2,2H3/b35-10-,81-4+. The first-order valence-electron chi connectivity index (χ1n) is 48.5. The van der Waals surface area contributed by atoms with Crippen molar-refractivity contribution in [3.63, 3.8) is 0 Å². The second-order valence-corrected chi connectivity index (χ2v) is 37.1. The van der Waals surface area contributed by atoms with Gasteiger partial charge in [0.25, 0.3) is 0 Å². The lowest BCUT2D eigenvalue weighted by molar-refractivity contribution is 1.12. The van der Waals surface area contributed by atoms with E-state index in [9.17, 15) is 0 Å². The first-order valence-corrected chi connectivity index (χ1v) is 48.5. The van der Waals surface area contributed by atoms with E-state index in [-0.39, 0.29) is 0 Å². The summed E-state index contributed by atoms with van der Waals surface area (Å²) in [6, 6.07) is 154. The molecule has 0 spiro atoms. The quantitative estimate of drug-likeness (QED) is 0.0712. The Hall–Kier alpha value is -19.0. The number of fused-ring (bicyclic) bond motifs is 24. The van der Waals surface area contributed by atoms with Crippen LogP contribution in [0.15, 0.2) is 474 Å². The molecule has 0 aliphatic rings. The molecule has 0 fully saturated rings. The molecule has 12 nitrogen and oxygen atoms in total. The Morgan fingerprint density at radius 2 is 0.514 bits per heavy atom. The highest BCUT2D eigenvalue weighted by molar-refractivity contribution is 6.25. The number of para-hydroxylation sites is 12. The van der Waals surface area contributed by atoms with Crippen molar-refractivity contribution in [1.82, 2.24) is 56.5 Å². The van der Waals surface area contributed by atoms with Crippen molar-refractivity contribution in [1.29, 1.82) is 0 Å². The molecule has 11 aromatic heterocycles. The molecule has 11 heterocycles. The fourth-order valence-electron chi connectivity index (χ4n) is 23.5. The third-order valence-corrected chi connectivity index (χ3v) is 29.5. The molecule has 0 saturated heterocycles. The monoisotopic (exact) mass is 1810 g/mol. The zero-order valence-corrected chi connectivity index (χ0v) is 77.2. The maximum atomic E-state index is 6.06. The van der Waals surface area contributed by atoms with Crippen molar-refractivity contribution in [2.45, 2.75) is 13.3 Å². The van der Waals surface area contributed by atoms with E-state index in [4.69, 9.17) is 19.9 Å². The maximum absolute atomic E-state index is 6.06. The average molecular weight is 1810 g/mol. The van der Waals surface area contributed by atoms with Crippen LogP contribution in [0.1, 0.15) is 19.0 Å². The number of nitrogens with zero attached hydrogens (tertiary/aromatic N) is 12. The summed E-state index contributed by atoms with van der Waals surface area (Å²) in [6.45, 7) is 6.29. The molecule has 18 aromatic carbocycles. The van der Waals surface area contributed by atoms with Gasteiger partial charge in [-0.05, 0) is 213 Å². The minimum absolute atomic E-state index is 0.539. The Bertz CT molecular complexity index is 9870. The Labute approximate surface area is 814 Å². The summed E-state index contributed by atoms with van der Waals surface area (Å²) in [7, 11) is 0. The third kappa shape index (κ3) is 12.1. The lowest BCUT2D eigenvalue weighted by Gasteiger charge is -2.20. The zero-order chi connectivity index (χ0) is 93.5. The SMILES string of the molecule is C=CC/C=C\C(=C/C)c1cc(-c2ccc(-n3c4ccccc4c4cc5c6ccccc6n(-c6ccccc6)c5cc43)c(-c3ccncc3-n3c4ccccc4c4cc5c6ccccc6n(-c6ccccc6)c5cc43)c2)nc(-c2ccc(-n3c4ccccc4c4cc5c6ccccc6n(-c6ccccc6)c5cc43)c(-c3ccncc3-n3c4ccccc4c4cc5c6ccccc6n(-c6ccccc6)c5cc43)c2)n1. The molecule has 0 radical (unpaired) electrons. The van der Waals surface area contributed by atoms with Crippen LogP contribution in [0.3, 0.4) is 0 Å². The van der Waals surface area contributed by atoms with E-state index in [0.29, 0.717) is 12.2 Å². The number of benzene rings is 18. The lowest BCUT2D eigenvalue weighted by Crippen LogP contribution is -2.04. The van der Waals surface area contributed by atoms with Gasteiger partial charge >= 0.3 is 0 Å². The molecule has 0 aliphatic carbocycles. The van der Waals surface area contributed by atoms with E-state index in [1.807, 2.05) is 18.5 Å². The Morgan fingerprint density at radius 3 is 0.824 bits per heavy atom. The molecule has 29 aromatic rings. The van der Waals surface area contributed by atoms with Crippen LogP contribution in [-0.4, -0.2) is 56.5 Å². The fraction of sp³-hybridized carbons (Fsp3) is 0.0154. The highest BCUT2D eigenvalue weighted by atomic mass is 15.1. The van der Waals surface area contributed by atoms with Gasteiger partial charge in [-0.3, -0.25) is 9.97 Å². The molecule has 0 amide bonds. The summed E-state index contributed by atoms with van der Waals surface area (Å²) in [5.74, 6) is 0.539. The summed E-state index contributed by atoms with van der Waals surface area (Å²) >= 11 is 0. The van der Waals surface area contributed by atoms with Crippen LogP contribution >= 0.6 is 0 Å². The van der Waals surface area contributed by atoms with Crippen molar-refractivity contribution in [2.75, 3.05) is 0 Å². The summed E-state index contributed by atoms with van der Waals surface area (Å²) in [5, 5.41) is 18.6. The van der Waals surface area contributed by atoms with E-state index in [0.717, 1.165) is 227 Å². The van der Waals surface area contributed by atoms with Crippen molar-refractivity contribution >= 4 is 180 Å². The second-order valence-electron chi connectivity index (χ2n) is 37.1. The second kappa shape index (κ2) is 31.8. The molecule has 0 unspecified atom stereocenters. The molecule has 12 heteroatoms. The van der Waals surface area contributed by atoms with Gasteiger partial charge < -0.3 is 36.5 Å². The third-order valence-electron chi connectivity index (χ3n) is 29.5. The van der Waals surface area contributed by atoms with Crippen LogP contribution in [0.5, 0.6) is 0 Å². The molecular formula is C130H84N12. The van der Waals surface area contributed by atoms with Gasteiger partial charge in [-0.25, -0.2) is 9.97 Å². The number of allylic oxidation sites excluding steroid dienone is 5. The summed E-state index contributed by atoms with van der Waals surface area (Å²) in [4.78, 5) is 22.3. The predicted molar refractivity (Wildman–Crippen MR) is 592 cm³/mol. The first-order chi connectivity index (χ1) is 70.4. The molecular weight excluding hydrogens is 1730 g/mol.